The van der Waals surface area contributed by atoms with Crippen molar-refractivity contribution in [2.75, 3.05) is 6.54 Å². The Morgan fingerprint density at radius 1 is 1.25 bits per heavy atom. The van der Waals surface area contributed by atoms with Crippen LogP contribution in [-0.4, -0.2) is 34.5 Å². The first-order chi connectivity index (χ1) is 13.3. The van der Waals surface area contributed by atoms with Crippen molar-refractivity contribution in [1.29, 1.82) is 0 Å². The Morgan fingerprint density at radius 3 is 2.61 bits per heavy atom. The molecule has 1 heterocycles. The lowest BCUT2D eigenvalue weighted by Crippen LogP contribution is -2.35. The highest BCUT2D eigenvalue weighted by atomic mass is 79.9. The highest BCUT2D eigenvalue weighted by molar-refractivity contribution is 9.10. The first kappa shape index (κ1) is 19.9. The Balaban J connectivity index is 1.79. The molecule has 144 valence electrons. The fourth-order valence-corrected chi connectivity index (χ4v) is 3.54. The number of carboxylic acids is 1. The Kier molecular flexibility index (Phi) is 6.01. The molecule has 3 rings (SSSR count). The minimum Gasteiger partial charge on any atom is -0.486 e. The third kappa shape index (κ3) is 4.52. The van der Waals surface area contributed by atoms with Crippen LogP contribution in [0.25, 0.3) is 6.08 Å². The Hall–Kier alpha value is -2.84. The second kappa shape index (κ2) is 8.45. The van der Waals surface area contributed by atoms with Gasteiger partial charge in [0.2, 0.25) is 0 Å². The summed E-state index contributed by atoms with van der Waals surface area (Å²) in [4.78, 5) is 35.3. The van der Waals surface area contributed by atoms with Crippen molar-refractivity contribution in [2.45, 2.75) is 6.61 Å². The highest BCUT2D eigenvalue weighted by Gasteiger charge is 2.34. The van der Waals surface area contributed by atoms with Crippen LogP contribution in [-0.2, 0) is 16.2 Å². The summed E-state index contributed by atoms with van der Waals surface area (Å²) in [6.45, 7) is -0.378. The molecule has 3 amide bonds. The minimum absolute atomic E-state index is 0.0350. The number of urea groups is 1. The van der Waals surface area contributed by atoms with Gasteiger partial charge in [-0.2, -0.15) is 0 Å². The number of carboxylic acid groups (broad SMARTS) is 1. The number of carbonyl (C=O) groups is 3. The summed E-state index contributed by atoms with van der Waals surface area (Å²) < 4.78 is 6.34. The topological polar surface area (TPSA) is 95.9 Å². The van der Waals surface area contributed by atoms with E-state index in [0.717, 1.165) is 5.56 Å². The van der Waals surface area contributed by atoms with Crippen LogP contribution in [0.15, 0.2) is 52.6 Å². The molecule has 0 radical (unpaired) electrons. The molecule has 0 aromatic heterocycles. The van der Waals surface area contributed by atoms with E-state index in [4.69, 9.17) is 21.4 Å². The molecule has 28 heavy (non-hydrogen) atoms. The van der Waals surface area contributed by atoms with Gasteiger partial charge >= 0.3 is 12.0 Å². The first-order valence-corrected chi connectivity index (χ1v) is 9.24. The van der Waals surface area contributed by atoms with Gasteiger partial charge in [0.1, 0.15) is 18.8 Å². The number of rotatable bonds is 6. The number of hydrogen-bond acceptors (Lipinski definition) is 4. The van der Waals surface area contributed by atoms with Gasteiger partial charge in [-0.3, -0.25) is 9.59 Å². The summed E-state index contributed by atoms with van der Waals surface area (Å²) in [7, 11) is 0. The fraction of sp³-hybridized carbons (Fsp3) is 0.105. The predicted octanol–water partition coefficient (Wildman–Crippen LogP) is 3.66. The van der Waals surface area contributed by atoms with Crippen molar-refractivity contribution in [3.05, 3.63) is 68.8 Å². The summed E-state index contributed by atoms with van der Waals surface area (Å²) in [5.41, 5.74) is 1.48. The van der Waals surface area contributed by atoms with Crippen LogP contribution in [0.2, 0.25) is 5.02 Å². The van der Waals surface area contributed by atoms with E-state index < -0.39 is 24.5 Å². The maximum Gasteiger partial charge on any atom is 0.329 e. The van der Waals surface area contributed by atoms with Crippen LogP contribution in [0, 0.1) is 0 Å². The molecule has 0 atom stereocenters. The summed E-state index contributed by atoms with van der Waals surface area (Å²) in [6.07, 6.45) is 1.42. The molecule has 9 heteroatoms. The minimum atomic E-state index is -1.28. The molecule has 1 aliphatic heterocycles. The van der Waals surface area contributed by atoms with Crippen molar-refractivity contribution in [1.82, 2.24) is 10.2 Å². The van der Waals surface area contributed by atoms with E-state index in [1.807, 2.05) is 30.3 Å². The summed E-state index contributed by atoms with van der Waals surface area (Å²) in [5, 5.41) is 11.5. The predicted molar refractivity (Wildman–Crippen MR) is 106 cm³/mol. The van der Waals surface area contributed by atoms with E-state index >= 15 is 0 Å². The average molecular weight is 466 g/mol. The number of hydrogen-bond donors (Lipinski definition) is 2. The maximum absolute atomic E-state index is 12.2. The largest absolute Gasteiger partial charge is 0.486 e. The zero-order chi connectivity index (χ0) is 20.3. The molecular weight excluding hydrogens is 452 g/mol. The Labute approximate surface area is 173 Å². The molecule has 1 saturated heterocycles. The van der Waals surface area contributed by atoms with Crippen molar-refractivity contribution < 1.29 is 24.2 Å². The summed E-state index contributed by atoms with van der Waals surface area (Å²) >= 11 is 9.70. The number of imide groups is 1. The third-order valence-corrected chi connectivity index (χ3v) is 4.68. The quantitative estimate of drug-likeness (QED) is 0.501. The monoisotopic (exact) mass is 464 g/mol. The van der Waals surface area contributed by atoms with Crippen molar-refractivity contribution in [2.24, 2.45) is 0 Å². The molecule has 0 saturated carbocycles. The lowest BCUT2D eigenvalue weighted by Gasteiger charge is -2.11. The first-order valence-electron chi connectivity index (χ1n) is 8.07. The lowest BCUT2D eigenvalue weighted by molar-refractivity contribution is -0.140. The van der Waals surface area contributed by atoms with Crippen molar-refractivity contribution in [3.63, 3.8) is 0 Å². The van der Waals surface area contributed by atoms with E-state index in [1.165, 1.54) is 6.08 Å². The SMILES string of the molecule is O=C(O)CN1C(=O)N/C(=C/c2cc(Cl)c(OCc3ccccc3)c(Br)c2)C1=O. The molecular formula is C19H14BrClN2O5. The van der Waals surface area contributed by atoms with Crippen molar-refractivity contribution in [3.8, 4) is 5.75 Å². The van der Waals surface area contributed by atoms with Crippen LogP contribution in [0.5, 0.6) is 5.75 Å². The van der Waals surface area contributed by atoms with E-state index in [-0.39, 0.29) is 5.70 Å². The molecule has 2 aromatic carbocycles. The van der Waals surface area contributed by atoms with E-state index in [0.29, 0.717) is 32.3 Å². The molecule has 7 nitrogen and oxygen atoms in total. The number of nitrogens with zero attached hydrogens (tertiary/aromatic N) is 1. The van der Waals surface area contributed by atoms with Gasteiger partial charge in [0.25, 0.3) is 5.91 Å². The van der Waals surface area contributed by atoms with Crippen LogP contribution in [0.3, 0.4) is 0 Å². The van der Waals surface area contributed by atoms with Gasteiger partial charge in [-0.25, -0.2) is 9.69 Å². The number of benzene rings is 2. The molecule has 0 aliphatic carbocycles. The number of aliphatic carboxylic acids is 1. The fourth-order valence-electron chi connectivity index (χ4n) is 2.55. The zero-order valence-corrected chi connectivity index (χ0v) is 16.7. The highest BCUT2D eigenvalue weighted by Crippen LogP contribution is 2.35. The molecule has 0 unspecified atom stereocenters. The summed E-state index contributed by atoms with van der Waals surface area (Å²) in [6, 6.07) is 12.1. The second-order valence-electron chi connectivity index (χ2n) is 5.86. The van der Waals surface area contributed by atoms with Crippen LogP contribution in [0.4, 0.5) is 4.79 Å². The van der Waals surface area contributed by atoms with Gasteiger partial charge in [0.15, 0.2) is 5.75 Å². The third-order valence-electron chi connectivity index (χ3n) is 3.81. The van der Waals surface area contributed by atoms with E-state index in [1.54, 1.807) is 12.1 Å². The summed E-state index contributed by atoms with van der Waals surface area (Å²) in [5.74, 6) is -1.55. The standard InChI is InChI=1S/C19H14BrClN2O5/c20-13-6-12(8-15-18(26)23(9-16(24)25)19(27)22-15)7-14(21)17(13)28-10-11-4-2-1-3-5-11/h1-8H,9-10H2,(H,22,27)(H,24,25)/b15-8+. The zero-order valence-electron chi connectivity index (χ0n) is 14.3. The van der Waals surface area contributed by atoms with Crippen LogP contribution in [0.1, 0.15) is 11.1 Å². The number of halogens is 2. The van der Waals surface area contributed by atoms with Crippen LogP contribution < -0.4 is 10.1 Å². The van der Waals surface area contributed by atoms with Gasteiger partial charge in [-0.05, 0) is 45.3 Å². The number of ether oxygens (including phenoxy) is 1. The van der Waals surface area contributed by atoms with Crippen molar-refractivity contribution >= 4 is 51.5 Å². The molecule has 2 aromatic rings. The molecule has 2 N–H and O–H groups in total. The molecule has 0 bridgehead atoms. The van der Waals surface area contributed by atoms with Gasteiger partial charge in [-0.1, -0.05) is 41.9 Å². The van der Waals surface area contributed by atoms with E-state index in [2.05, 4.69) is 21.2 Å². The van der Waals surface area contributed by atoms with Gasteiger partial charge < -0.3 is 15.2 Å². The average Bonchev–Trinajstić information content (AvgIpc) is 2.89. The maximum atomic E-state index is 12.2. The number of amides is 3. The molecule has 1 fully saturated rings. The van der Waals surface area contributed by atoms with E-state index in [9.17, 15) is 14.4 Å². The Bertz CT molecular complexity index is 955. The number of carbonyl (C=O) groups excluding carboxylic acids is 2. The lowest BCUT2D eigenvalue weighted by atomic mass is 10.1. The van der Waals surface area contributed by atoms with Gasteiger partial charge in [0.05, 0.1) is 9.50 Å². The Morgan fingerprint density at radius 2 is 1.96 bits per heavy atom. The molecule has 1 aliphatic rings. The smallest absolute Gasteiger partial charge is 0.329 e. The van der Waals surface area contributed by atoms with Gasteiger partial charge in [-0.15, -0.1) is 0 Å². The van der Waals surface area contributed by atoms with Gasteiger partial charge in [0, 0.05) is 0 Å². The number of nitrogens with one attached hydrogen (secondary N) is 1. The normalized spacial score (nSPS) is 15.1. The molecule has 0 spiro atoms. The van der Waals surface area contributed by atoms with Crippen LogP contribution >= 0.6 is 27.5 Å². The second-order valence-corrected chi connectivity index (χ2v) is 7.12.